The van der Waals surface area contributed by atoms with E-state index in [-0.39, 0.29) is 11.9 Å². The number of piperidine rings is 1. The molecule has 7 heteroatoms. The van der Waals surface area contributed by atoms with Crippen molar-refractivity contribution in [3.05, 3.63) is 36.0 Å². The van der Waals surface area contributed by atoms with E-state index in [2.05, 4.69) is 10.3 Å². The normalized spacial score (nSPS) is 18.9. The third-order valence-corrected chi connectivity index (χ3v) is 5.66. The lowest BCUT2D eigenvalue weighted by atomic mass is 10.0. The number of carbonyl (C=O) groups excluding carboxylic acids is 2. The molecule has 1 aromatic heterocycles. The maximum Gasteiger partial charge on any atom is 0.318 e. The molecule has 1 aromatic carbocycles. The summed E-state index contributed by atoms with van der Waals surface area (Å²) in [7, 11) is 0. The average Bonchev–Trinajstić information content (AvgIpc) is 3.17. The highest BCUT2D eigenvalue weighted by Gasteiger charge is 2.29. The number of amides is 3. The number of nitrogens with zero attached hydrogens (tertiary/aromatic N) is 2. The predicted molar refractivity (Wildman–Crippen MR) is 107 cm³/mol. The van der Waals surface area contributed by atoms with Gasteiger partial charge >= 0.3 is 6.03 Å². The minimum atomic E-state index is -0.562. The molecule has 0 aliphatic carbocycles. The second-order valence-electron chi connectivity index (χ2n) is 7.55. The first-order valence-corrected chi connectivity index (χ1v) is 10.2. The summed E-state index contributed by atoms with van der Waals surface area (Å²) in [6, 6.07) is 7.30. The monoisotopic (exact) mass is 384 g/mol. The van der Waals surface area contributed by atoms with Crippen LogP contribution in [0.1, 0.15) is 24.8 Å². The molecular formula is C21H28N4O3. The van der Waals surface area contributed by atoms with Gasteiger partial charge in [0.15, 0.2) is 0 Å². The van der Waals surface area contributed by atoms with E-state index < -0.39 is 6.04 Å². The van der Waals surface area contributed by atoms with E-state index in [0.717, 1.165) is 48.8 Å². The fourth-order valence-electron chi connectivity index (χ4n) is 4.06. The smallest absolute Gasteiger partial charge is 0.318 e. The van der Waals surface area contributed by atoms with Crippen molar-refractivity contribution >= 4 is 22.8 Å². The second kappa shape index (κ2) is 8.65. The molecule has 2 aromatic rings. The zero-order valence-corrected chi connectivity index (χ0v) is 16.2. The molecule has 4 rings (SSSR count). The zero-order chi connectivity index (χ0) is 19.3. The number of fused-ring (bicyclic) bond motifs is 1. The van der Waals surface area contributed by atoms with Crippen LogP contribution in [0, 0.1) is 0 Å². The zero-order valence-electron chi connectivity index (χ0n) is 16.2. The Balaban J connectivity index is 1.53. The summed E-state index contributed by atoms with van der Waals surface area (Å²) in [6.45, 7) is 3.75. The van der Waals surface area contributed by atoms with Crippen LogP contribution < -0.4 is 5.32 Å². The molecule has 3 amide bonds. The van der Waals surface area contributed by atoms with Crippen molar-refractivity contribution in [3.8, 4) is 0 Å². The SMILES string of the molecule is O=C(N[C@H](Cc1c[nH]c2ccccc12)C(=O)N1CCCCC1)N1CCOCC1. The Morgan fingerprint density at radius 3 is 2.57 bits per heavy atom. The number of nitrogens with one attached hydrogen (secondary N) is 2. The van der Waals surface area contributed by atoms with Crippen LogP contribution in [0.5, 0.6) is 0 Å². The van der Waals surface area contributed by atoms with Gasteiger partial charge in [-0.05, 0) is 30.9 Å². The molecule has 7 nitrogen and oxygen atoms in total. The number of urea groups is 1. The predicted octanol–water partition coefficient (Wildman–Crippen LogP) is 2.13. The largest absolute Gasteiger partial charge is 0.378 e. The number of morpholine rings is 1. The Kier molecular flexibility index (Phi) is 5.81. The highest BCUT2D eigenvalue weighted by atomic mass is 16.5. The maximum absolute atomic E-state index is 13.2. The third-order valence-electron chi connectivity index (χ3n) is 5.66. The number of carbonyl (C=O) groups is 2. The van der Waals surface area contributed by atoms with Crippen LogP contribution in [0.25, 0.3) is 10.9 Å². The van der Waals surface area contributed by atoms with Gasteiger partial charge in [-0.3, -0.25) is 4.79 Å². The molecule has 0 bridgehead atoms. The number of para-hydroxylation sites is 1. The Labute approximate surface area is 165 Å². The minimum Gasteiger partial charge on any atom is -0.378 e. The highest BCUT2D eigenvalue weighted by Crippen LogP contribution is 2.20. The van der Waals surface area contributed by atoms with E-state index in [1.807, 2.05) is 35.4 Å². The van der Waals surface area contributed by atoms with Crippen LogP contribution in [0.3, 0.4) is 0 Å². The summed E-state index contributed by atoms with van der Waals surface area (Å²) < 4.78 is 5.33. The van der Waals surface area contributed by atoms with E-state index in [9.17, 15) is 9.59 Å². The molecule has 3 heterocycles. The lowest BCUT2D eigenvalue weighted by molar-refractivity contribution is -0.134. The number of benzene rings is 1. The second-order valence-corrected chi connectivity index (χ2v) is 7.55. The molecule has 0 unspecified atom stereocenters. The summed E-state index contributed by atoms with van der Waals surface area (Å²) in [6.07, 6.45) is 5.65. The van der Waals surface area contributed by atoms with Crippen LogP contribution in [0.4, 0.5) is 4.79 Å². The Bertz CT molecular complexity index is 822. The lowest BCUT2D eigenvalue weighted by Crippen LogP contribution is -2.55. The van der Waals surface area contributed by atoms with Crippen molar-refractivity contribution in [2.45, 2.75) is 31.7 Å². The molecule has 28 heavy (non-hydrogen) atoms. The summed E-state index contributed by atoms with van der Waals surface area (Å²) >= 11 is 0. The van der Waals surface area contributed by atoms with E-state index in [0.29, 0.717) is 32.7 Å². The first kappa shape index (κ1) is 18.8. The van der Waals surface area contributed by atoms with E-state index in [4.69, 9.17) is 4.74 Å². The van der Waals surface area contributed by atoms with E-state index in [1.54, 1.807) is 4.90 Å². The van der Waals surface area contributed by atoms with Gasteiger partial charge in [0.05, 0.1) is 13.2 Å². The number of ether oxygens (including phenoxy) is 1. The minimum absolute atomic E-state index is 0.0200. The number of likely N-dealkylation sites (tertiary alicyclic amines) is 1. The number of rotatable bonds is 4. The molecule has 0 spiro atoms. The number of H-pyrrole nitrogens is 1. The van der Waals surface area contributed by atoms with Crippen molar-refractivity contribution in [2.75, 3.05) is 39.4 Å². The maximum atomic E-state index is 13.2. The summed E-state index contributed by atoms with van der Waals surface area (Å²) in [5, 5.41) is 4.11. The molecule has 2 aliphatic heterocycles. The van der Waals surface area contributed by atoms with Crippen LogP contribution in [0.15, 0.2) is 30.5 Å². The van der Waals surface area contributed by atoms with Gasteiger partial charge in [-0.15, -0.1) is 0 Å². The number of hydrogen-bond donors (Lipinski definition) is 2. The van der Waals surface area contributed by atoms with Crippen LogP contribution in [-0.4, -0.2) is 72.2 Å². The van der Waals surface area contributed by atoms with Crippen molar-refractivity contribution in [3.63, 3.8) is 0 Å². The first-order chi connectivity index (χ1) is 13.7. The van der Waals surface area contributed by atoms with E-state index >= 15 is 0 Å². The summed E-state index contributed by atoms with van der Waals surface area (Å²) in [5.74, 6) is 0.0200. The first-order valence-electron chi connectivity index (χ1n) is 10.2. The number of aromatic amines is 1. The Morgan fingerprint density at radius 1 is 1.04 bits per heavy atom. The summed E-state index contributed by atoms with van der Waals surface area (Å²) in [5.41, 5.74) is 2.09. The quantitative estimate of drug-likeness (QED) is 0.848. The van der Waals surface area contributed by atoms with Crippen molar-refractivity contribution < 1.29 is 14.3 Å². The van der Waals surface area contributed by atoms with Gasteiger partial charge in [0.2, 0.25) is 5.91 Å². The highest BCUT2D eigenvalue weighted by molar-refractivity contribution is 5.89. The standard InChI is InChI=1S/C21H28N4O3/c26-20(24-8-4-1-5-9-24)19(23-21(27)25-10-12-28-13-11-25)14-16-15-22-18-7-3-2-6-17(16)18/h2-3,6-7,15,19,22H,1,4-5,8-14H2,(H,23,27)/t19-/m1/s1. The van der Waals surface area contributed by atoms with Crippen molar-refractivity contribution in [1.82, 2.24) is 20.1 Å². The van der Waals surface area contributed by atoms with E-state index in [1.165, 1.54) is 0 Å². The molecule has 150 valence electrons. The molecule has 0 saturated carbocycles. The molecule has 0 radical (unpaired) electrons. The third kappa shape index (κ3) is 4.14. The molecular weight excluding hydrogens is 356 g/mol. The number of hydrogen-bond acceptors (Lipinski definition) is 3. The van der Waals surface area contributed by atoms with Gasteiger partial charge in [-0.2, -0.15) is 0 Å². The van der Waals surface area contributed by atoms with Crippen LogP contribution in [-0.2, 0) is 16.0 Å². The Morgan fingerprint density at radius 2 is 1.79 bits per heavy atom. The van der Waals surface area contributed by atoms with Gasteiger partial charge in [0.1, 0.15) is 6.04 Å². The van der Waals surface area contributed by atoms with Gasteiger partial charge < -0.3 is 24.8 Å². The van der Waals surface area contributed by atoms with Gasteiger partial charge in [-0.1, -0.05) is 18.2 Å². The fraction of sp³-hybridized carbons (Fsp3) is 0.524. The molecule has 2 aliphatic rings. The summed E-state index contributed by atoms with van der Waals surface area (Å²) in [4.78, 5) is 32.9. The molecule has 2 fully saturated rings. The lowest BCUT2D eigenvalue weighted by Gasteiger charge is -2.33. The van der Waals surface area contributed by atoms with Gasteiger partial charge in [-0.25, -0.2) is 4.79 Å². The number of aromatic nitrogens is 1. The molecule has 2 N–H and O–H groups in total. The van der Waals surface area contributed by atoms with Crippen molar-refractivity contribution in [1.29, 1.82) is 0 Å². The van der Waals surface area contributed by atoms with Gasteiger partial charge in [0, 0.05) is 49.7 Å². The molecule has 2 saturated heterocycles. The Hall–Kier alpha value is -2.54. The average molecular weight is 384 g/mol. The van der Waals surface area contributed by atoms with Crippen LogP contribution in [0.2, 0.25) is 0 Å². The molecule has 1 atom stereocenters. The van der Waals surface area contributed by atoms with Crippen LogP contribution >= 0.6 is 0 Å². The topological polar surface area (TPSA) is 77.7 Å². The fourth-order valence-corrected chi connectivity index (χ4v) is 4.06. The van der Waals surface area contributed by atoms with Gasteiger partial charge in [0.25, 0.3) is 0 Å². The van der Waals surface area contributed by atoms with Crippen molar-refractivity contribution in [2.24, 2.45) is 0 Å².